The first-order valence-electron chi connectivity index (χ1n) is 12.9. The van der Waals surface area contributed by atoms with Crippen LogP contribution >= 0.6 is 0 Å². The van der Waals surface area contributed by atoms with Crippen LogP contribution in [0.4, 0.5) is 11.5 Å². The van der Waals surface area contributed by atoms with Crippen LogP contribution in [-0.4, -0.2) is 35.7 Å². The number of aryl methyl sites for hydroxylation is 1. The zero-order valence-electron chi connectivity index (χ0n) is 22.9. The fourth-order valence-electron chi connectivity index (χ4n) is 3.97. The van der Waals surface area contributed by atoms with E-state index in [1.807, 2.05) is 80.5 Å². The molecule has 6 nitrogen and oxygen atoms in total. The summed E-state index contributed by atoms with van der Waals surface area (Å²) < 4.78 is 0. The van der Waals surface area contributed by atoms with Crippen LogP contribution in [0.3, 0.4) is 0 Å². The number of ketones is 1. The summed E-state index contributed by atoms with van der Waals surface area (Å²) in [6.07, 6.45) is 6.89. The predicted molar refractivity (Wildman–Crippen MR) is 153 cm³/mol. The molecule has 0 atom stereocenters. The van der Waals surface area contributed by atoms with E-state index >= 15 is 0 Å². The van der Waals surface area contributed by atoms with Crippen LogP contribution in [0.2, 0.25) is 0 Å². The van der Waals surface area contributed by atoms with E-state index in [0.29, 0.717) is 18.7 Å². The highest BCUT2D eigenvalue weighted by Crippen LogP contribution is 2.27. The van der Waals surface area contributed by atoms with E-state index in [1.165, 1.54) is 25.7 Å². The van der Waals surface area contributed by atoms with Crippen molar-refractivity contribution in [2.24, 2.45) is 22.6 Å². The van der Waals surface area contributed by atoms with Crippen molar-refractivity contribution >= 4 is 34.0 Å². The van der Waals surface area contributed by atoms with Crippen molar-refractivity contribution in [2.45, 2.75) is 66.2 Å². The number of hydrogen-bond acceptors (Lipinski definition) is 5. The Morgan fingerprint density at radius 1 is 0.917 bits per heavy atom. The molecule has 0 aliphatic heterocycles. The van der Waals surface area contributed by atoms with E-state index in [2.05, 4.69) is 28.8 Å². The minimum Gasteiger partial charge on any atom is -0.387 e. The molecule has 1 saturated carbocycles. The summed E-state index contributed by atoms with van der Waals surface area (Å²) in [6.45, 7) is 8.20. The lowest BCUT2D eigenvalue weighted by Crippen LogP contribution is -2.12. The van der Waals surface area contributed by atoms with Crippen LogP contribution in [0, 0.1) is 18.8 Å². The number of rotatable bonds is 5. The molecule has 6 heteroatoms. The van der Waals surface area contributed by atoms with Gasteiger partial charge in [-0.15, -0.1) is 0 Å². The van der Waals surface area contributed by atoms with E-state index < -0.39 is 0 Å². The fourth-order valence-corrected chi connectivity index (χ4v) is 3.97. The maximum absolute atomic E-state index is 10.7. The number of para-hydroxylation sites is 2. The van der Waals surface area contributed by atoms with E-state index in [-0.39, 0.29) is 5.78 Å². The van der Waals surface area contributed by atoms with Crippen molar-refractivity contribution in [3.8, 4) is 0 Å². The summed E-state index contributed by atoms with van der Waals surface area (Å²) in [7, 11) is 3.99. The number of Topliss-reactive ketones (excluding diaryl/α,β-unsaturated/α-hetero) is 1. The fraction of sp³-hybridized carbons (Fsp3) is 0.467. The molecule has 1 heterocycles. The number of amidine groups is 1. The van der Waals surface area contributed by atoms with Crippen molar-refractivity contribution in [3.63, 3.8) is 0 Å². The van der Waals surface area contributed by atoms with Crippen molar-refractivity contribution in [1.82, 2.24) is 9.97 Å². The average Bonchev–Trinajstić information content (AvgIpc) is 2.85. The molecule has 2 aromatic carbocycles. The van der Waals surface area contributed by atoms with Gasteiger partial charge in [0.15, 0.2) is 0 Å². The SMILES string of the molecule is CC(=O)CCC(N)=Nc1ccccc1.CC1CCC(C)CC1.Cc1nc(N(C)C)c2ccccc2n1. The van der Waals surface area contributed by atoms with Gasteiger partial charge in [-0.25, -0.2) is 15.0 Å². The first-order chi connectivity index (χ1) is 17.2. The zero-order chi connectivity index (χ0) is 26.5. The van der Waals surface area contributed by atoms with Crippen LogP contribution in [0.1, 0.15) is 65.1 Å². The largest absolute Gasteiger partial charge is 0.387 e. The Kier molecular flexibility index (Phi) is 12.0. The van der Waals surface area contributed by atoms with Gasteiger partial charge in [-0.1, -0.05) is 69.9 Å². The Hall–Kier alpha value is -3.28. The number of anilines is 1. The molecule has 3 aromatic rings. The number of fused-ring (bicyclic) bond motifs is 1. The van der Waals surface area contributed by atoms with E-state index in [4.69, 9.17) is 5.73 Å². The van der Waals surface area contributed by atoms with Crippen LogP contribution in [0.25, 0.3) is 10.9 Å². The highest BCUT2D eigenvalue weighted by atomic mass is 16.1. The third-order valence-corrected chi connectivity index (χ3v) is 6.19. The van der Waals surface area contributed by atoms with Crippen LogP contribution in [-0.2, 0) is 4.79 Å². The molecule has 1 aliphatic carbocycles. The predicted octanol–water partition coefficient (Wildman–Crippen LogP) is 6.88. The van der Waals surface area contributed by atoms with Crippen LogP contribution < -0.4 is 10.6 Å². The number of hydrogen-bond donors (Lipinski definition) is 1. The van der Waals surface area contributed by atoms with E-state index in [9.17, 15) is 4.79 Å². The lowest BCUT2D eigenvalue weighted by Gasteiger charge is -2.22. The molecule has 0 unspecified atom stereocenters. The summed E-state index contributed by atoms with van der Waals surface area (Å²) in [5.74, 6) is 4.47. The second-order valence-electron chi connectivity index (χ2n) is 10.0. The van der Waals surface area contributed by atoms with Crippen LogP contribution in [0.15, 0.2) is 59.6 Å². The second kappa shape index (κ2) is 15.0. The van der Waals surface area contributed by atoms with Crippen molar-refractivity contribution in [2.75, 3.05) is 19.0 Å². The minimum atomic E-state index is 0.135. The number of nitrogens with zero attached hydrogens (tertiary/aromatic N) is 4. The van der Waals surface area contributed by atoms with Crippen molar-refractivity contribution < 1.29 is 4.79 Å². The molecular formula is C30H43N5O. The van der Waals surface area contributed by atoms with Crippen LogP contribution in [0.5, 0.6) is 0 Å². The van der Waals surface area contributed by atoms with Crippen molar-refractivity contribution in [3.05, 3.63) is 60.4 Å². The molecule has 4 rings (SSSR count). The average molecular weight is 490 g/mol. The maximum Gasteiger partial charge on any atom is 0.139 e. The second-order valence-corrected chi connectivity index (χ2v) is 10.0. The molecule has 1 aliphatic rings. The number of aromatic nitrogens is 2. The van der Waals surface area contributed by atoms with Gasteiger partial charge in [-0.2, -0.15) is 0 Å². The van der Waals surface area contributed by atoms with Gasteiger partial charge in [0.25, 0.3) is 0 Å². The van der Waals surface area contributed by atoms with Crippen molar-refractivity contribution in [1.29, 1.82) is 0 Å². The number of carbonyl (C=O) groups excluding carboxylic acids is 1. The summed E-state index contributed by atoms with van der Waals surface area (Å²) >= 11 is 0. The van der Waals surface area contributed by atoms with E-state index in [0.717, 1.165) is 40.1 Å². The topological polar surface area (TPSA) is 84.5 Å². The van der Waals surface area contributed by atoms with Gasteiger partial charge < -0.3 is 15.4 Å². The highest BCUT2D eigenvalue weighted by Gasteiger charge is 2.13. The monoisotopic (exact) mass is 489 g/mol. The molecule has 1 aromatic heterocycles. The van der Waals surface area contributed by atoms with Gasteiger partial charge in [-0.3, -0.25) is 0 Å². The molecule has 2 N–H and O–H groups in total. The highest BCUT2D eigenvalue weighted by molar-refractivity contribution is 5.89. The molecule has 0 saturated heterocycles. The Morgan fingerprint density at radius 3 is 2.03 bits per heavy atom. The molecule has 1 fully saturated rings. The number of nitrogens with two attached hydrogens (primary N) is 1. The Labute approximate surface area is 217 Å². The van der Waals surface area contributed by atoms with Gasteiger partial charge in [0.05, 0.1) is 11.2 Å². The number of benzene rings is 2. The molecule has 0 radical (unpaired) electrons. The number of carbonyl (C=O) groups is 1. The molecular weight excluding hydrogens is 446 g/mol. The standard InChI is InChI=1S/C11H13N3.C11H14N2O.C8H16/c1-8-12-10-7-5-4-6-9(10)11(13-8)14(2)3;1-9(14)7-8-11(12)13-10-5-3-2-4-6-10;1-7-3-5-8(2)6-4-7/h4-7H,1-3H3;2-6H,7-8H2,1H3,(H2,12,13);7-8H,3-6H2,1-2H3. The van der Waals surface area contributed by atoms with Gasteiger partial charge in [-0.05, 0) is 49.9 Å². The first kappa shape index (κ1) is 29.0. The molecule has 0 spiro atoms. The quantitative estimate of drug-likeness (QED) is 0.312. The summed E-state index contributed by atoms with van der Waals surface area (Å²) in [5, 5.41) is 1.10. The Balaban J connectivity index is 0.000000198. The van der Waals surface area contributed by atoms with Gasteiger partial charge in [0, 0.05) is 32.3 Å². The maximum atomic E-state index is 10.7. The molecule has 0 amide bonds. The summed E-state index contributed by atoms with van der Waals surface area (Å²) in [6, 6.07) is 17.5. The minimum absolute atomic E-state index is 0.135. The Morgan fingerprint density at radius 2 is 1.47 bits per heavy atom. The Bertz CT molecular complexity index is 1090. The van der Waals surface area contributed by atoms with E-state index in [1.54, 1.807) is 6.92 Å². The lowest BCUT2D eigenvalue weighted by atomic mass is 9.84. The number of aliphatic imine (C=N–C) groups is 1. The smallest absolute Gasteiger partial charge is 0.139 e. The summed E-state index contributed by atoms with van der Waals surface area (Å²) in [4.78, 5) is 25.7. The first-order valence-corrected chi connectivity index (χ1v) is 12.9. The van der Waals surface area contributed by atoms with Gasteiger partial charge in [0.2, 0.25) is 0 Å². The zero-order valence-corrected chi connectivity index (χ0v) is 22.9. The lowest BCUT2D eigenvalue weighted by molar-refractivity contribution is -0.116. The third-order valence-electron chi connectivity index (χ3n) is 6.19. The summed E-state index contributed by atoms with van der Waals surface area (Å²) in [5.41, 5.74) is 7.48. The molecule has 0 bridgehead atoms. The normalized spacial score (nSPS) is 17.3. The third kappa shape index (κ3) is 10.5. The molecule has 36 heavy (non-hydrogen) atoms. The van der Waals surface area contributed by atoms with Gasteiger partial charge in [0.1, 0.15) is 23.3 Å². The van der Waals surface area contributed by atoms with Gasteiger partial charge >= 0.3 is 0 Å². The molecule has 194 valence electrons.